The molecule has 6 N–H and O–H groups in total. The maximum absolute atomic E-state index is 13.6. The smallest absolute Gasteiger partial charge is 0.266 e. The quantitative estimate of drug-likeness (QED) is 0.0379. The van der Waals surface area contributed by atoms with Crippen LogP contribution >= 0.6 is 22.7 Å². The van der Waals surface area contributed by atoms with Crippen LogP contribution in [0.15, 0.2) is 28.8 Å². The van der Waals surface area contributed by atoms with Gasteiger partial charge in [0.25, 0.3) is 5.96 Å². The number of thiophene rings is 1. The van der Waals surface area contributed by atoms with E-state index in [1.54, 1.807) is 5.38 Å². The lowest BCUT2D eigenvalue weighted by Gasteiger charge is -2.31. The number of anilines is 1. The molecule has 2 heterocycles. The van der Waals surface area contributed by atoms with Gasteiger partial charge in [-0.05, 0) is 44.7 Å². The highest BCUT2D eigenvalue weighted by atomic mass is 32.1. The standard InChI is InChI=1S/C22H32N8O6S2/c1-3-5-18(29(34)13-31)16(12-15-8-7-14(2)38-15)19(32)26-17(20(33)27-22-25-10-11-37-22)6-4-9-24-21(23)28-30(35)36/h7-8,10-11,13,16-18,34H,3-6,9,12H2,1-2H3,(H,26,32)(H3,23,24,28)(H,25,27,33)/t16-,17+,18+/m1/s1. The van der Waals surface area contributed by atoms with E-state index in [1.165, 1.54) is 28.9 Å². The summed E-state index contributed by atoms with van der Waals surface area (Å²) in [5.41, 5.74) is 5.43. The van der Waals surface area contributed by atoms with Gasteiger partial charge in [0.15, 0.2) is 10.2 Å². The molecule has 0 aliphatic carbocycles. The van der Waals surface area contributed by atoms with Crippen LogP contribution in [0.5, 0.6) is 0 Å². The molecule has 0 aliphatic rings. The first kappa shape index (κ1) is 30.6. The number of nitrogens with zero attached hydrogens (tertiary/aromatic N) is 4. The van der Waals surface area contributed by atoms with Gasteiger partial charge in [0.05, 0.1) is 12.0 Å². The van der Waals surface area contributed by atoms with Crippen molar-refractivity contribution >= 4 is 52.0 Å². The van der Waals surface area contributed by atoms with Gasteiger partial charge in [-0.15, -0.1) is 22.7 Å². The lowest BCUT2D eigenvalue weighted by atomic mass is 9.90. The summed E-state index contributed by atoms with van der Waals surface area (Å²) in [4.78, 5) is 54.5. The van der Waals surface area contributed by atoms with Crippen LogP contribution in [0.4, 0.5) is 5.13 Å². The van der Waals surface area contributed by atoms with Crippen molar-refractivity contribution in [3.63, 3.8) is 0 Å². The predicted octanol–water partition coefficient (Wildman–Crippen LogP) is 1.69. The Morgan fingerprint density at radius 1 is 1.34 bits per heavy atom. The third kappa shape index (κ3) is 10.0. The minimum absolute atomic E-state index is 0.154. The Kier molecular flexibility index (Phi) is 12.5. The van der Waals surface area contributed by atoms with E-state index in [0.29, 0.717) is 29.5 Å². The number of nitrogens with two attached hydrogens (primary N) is 1. The van der Waals surface area contributed by atoms with Crippen LogP contribution in [-0.4, -0.2) is 63.1 Å². The second-order valence-electron chi connectivity index (χ2n) is 8.34. The molecular weight excluding hydrogens is 536 g/mol. The van der Waals surface area contributed by atoms with Crippen molar-refractivity contribution in [1.29, 1.82) is 0 Å². The number of aryl methyl sites for hydroxylation is 1. The zero-order chi connectivity index (χ0) is 28.1. The first-order valence-electron chi connectivity index (χ1n) is 11.8. The first-order valence-corrected chi connectivity index (χ1v) is 13.5. The fourth-order valence-electron chi connectivity index (χ4n) is 3.78. The Hall–Kier alpha value is -3.63. The number of hydrogen-bond donors (Lipinski definition) is 5. The van der Waals surface area contributed by atoms with Crippen LogP contribution in [0.2, 0.25) is 0 Å². The van der Waals surface area contributed by atoms with Crippen LogP contribution in [0.1, 0.15) is 42.4 Å². The summed E-state index contributed by atoms with van der Waals surface area (Å²) in [5.74, 6) is -2.22. The number of guanidine groups is 1. The van der Waals surface area contributed by atoms with E-state index in [4.69, 9.17) is 5.73 Å². The normalized spacial score (nSPS) is 13.7. The van der Waals surface area contributed by atoms with Gasteiger partial charge in [0, 0.05) is 27.9 Å². The lowest BCUT2D eigenvalue weighted by Crippen LogP contribution is -2.51. The minimum Gasteiger partial charge on any atom is -0.365 e. The Bertz CT molecular complexity index is 1090. The van der Waals surface area contributed by atoms with Crippen LogP contribution in [-0.2, 0) is 20.8 Å². The van der Waals surface area contributed by atoms with Gasteiger partial charge in [0.1, 0.15) is 11.1 Å². The molecule has 3 atom stereocenters. The molecule has 0 bridgehead atoms. The van der Waals surface area contributed by atoms with E-state index < -0.39 is 34.8 Å². The summed E-state index contributed by atoms with van der Waals surface area (Å²) in [6, 6.07) is 2.01. The van der Waals surface area contributed by atoms with Crippen molar-refractivity contribution in [2.75, 3.05) is 11.9 Å². The van der Waals surface area contributed by atoms with Gasteiger partial charge in [-0.25, -0.2) is 20.2 Å². The number of carbonyl (C=O) groups excluding carboxylic acids is 3. The highest BCUT2D eigenvalue weighted by Gasteiger charge is 2.34. The molecule has 2 aromatic heterocycles. The number of hydrazone groups is 1. The summed E-state index contributed by atoms with van der Waals surface area (Å²) >= 11 is 2.72. The summed E-state index contributed by atoms with van der Waals surface area (Å²) in [5, 5.41) is 33.3. The molecule has 16 heteroatoms. The molecular formula is C22H32N8O6S2. The number of nitrogens with one attached hydrogen (secondary N) is 3. The van der Waals surface area contributed by atoms with Crippen LogP contribution in [0.3, 0.4) is 0 Å². The van der Waals surface area contributed by atoms with Gasteiger partial charge >= 0.3 is 0 Å². The second-order valence-corrected chi connectivity index (χ2v) is 10.6. The zero-order valence-corrected chi connectivity index (χ0v) is 22.7. The van der Waals surface area contributed by atoms with Crippen LogP contribution in [0.25, 0.3) is 0 Å². The third-order valence-electron chi connectivity index (χ3n) is 5.51. The molecule has 3 amide bonds. The largest absolute Gasteiger partial charge is 0.365 e. The molecule has 0 spiro atoms. The van der Waals surface area contributed by atoms with E-state index >= 15 is 0 Å². The SMILES string of the molecule is CCC[C@@H]([C@@H](Cc1ccc(C)s1)C(=O)N[C@@H](CCCN/C(N)=N/[N+](=O)[O-])C(=O)Nc1nccs1)N(O)C=O. The third-order valence-corrected chi connectivity index (χ3v) is 7.22. The predicted molar refractivity (Wildman–Crippen MR) is 143 cm³/mol. The lowest BCUT2D eigenvalue weighted by molar-refractivity contribution is -0.485. The molecule has 0 unspecified atom stereocenters. The first-order chi connectivity index (χ1) is 18.1. The number of thiazole rings is 1. The number of amides is 3. The number of nitro groups is 1. The van der Waals surface area contributed by atoms with Crippen LogP contribution in [0, 0.1) is 23.0 Å². The van der Waals surface area contributed by atoms with Gasteiger partial charge < -0.3 is 21.7 Å². The monoisotopic (exact) mass is 568 g/mol. The van der Waals surface area contributed by atoms with E-state index in [0.717, 1.165) is 9.75 Å². The van der Waals surface area contributed by atoms with Gasteiger partial charge in [0.2, 0.25) is 18.2 Å². The van der Waals surface area contributed by atoms with Gasteiger partial charge in [-0.1, -0.05) is 13.3 Å². The number of hydroxylamine groups is 2. The second kappa shape index (κ2) is 15.6. The van der Waals surface area contributed by atoms with Crippen molar-refractivity contribution in [2.24, 2.45) is 16.8 Å². The van der Waals surface area contributed by atoms with Gasteiger partial charge in [-0.3, -0.25) is 19.6 Å². The summed E-state index contributed by atoms with van der Waals surface area (Å²) in [7, 11) is 0. The molecule has 0 saturated heterocycles. The highest BCUT2D eigenvalue weighted by Crippen LogP contribution is 2.25. The molecule has 2 rings (SSSR count). The number of rotatable bonds is 16. The average Bonchev–Trinajstić information content (AvgIpc) is 3.53. The number of aromatic nitrogens is 1. The topological polar surface area (TPSA) is 205 Å². The molecule has 0 fully saturated rings. The Morgan fingerprint density at radius 2 is 2.11 bits per heavy atom. The molecule has 0 radical (unpaired) electrons. The van der Waals surface area contributed by atoms with E-state index in [2.05, 4.69) is 26.0 Å². The highest BCUT2D eigenvalue weighted by molar-refractivity contribution is 7.13. The fraction of sp³-hybridized carbons (Fsp3) is 0.500. The van der Waals surface area contributed by atoms with Crippen molar-refractivity contribution in [2.45, 2.75) is 58.0 Å². The zero-order valence-electron chi connectivity index (χ0n) is 21.0. The minimum atomic E-state index is -1.000. The maximum atomic E-state index is 13.6. The Morgan fingerprint density at radius 3 is 2.68 bits per heavy atom. The van der Waals surface area contributed by atoms with Crippen molar-refractivity contribution in [3.8, 4) is 0 Å². The van der Waals surface area contributed by atoms with E-state index in [9.17, 15) is 29.7 Å². The maximum Gasteiger partial charge on any atom is 0.266 e. The average molecular weight is 569 g/mol. The molecule has 208 valence electrons. The number of hydrogen-bond acceptors (Lipinski definition) is 9. The van der Waals surface area contributed by atoms with E-state index in [-0.39, 0.29) is 31.8 Å². The molecule has 14 nitrogen and oxygen atoms in total. The van der Waals surface area contributed by atoms with Crippen molar-refractivity contribution in [1.82, 2.24) is 20.7 Å². The van der Waals surface area contributed by atoms with E-state index in [1.807, 2.05) is 26.0 Å². The van der Waals surface area contributed by atoms with Crippen molar-refractivity contribution < 1.29 is 24.6 Å². The molecule has 0 aliphatic heterocycles. The van der Waals surface area contributed by atoms with Gasteiger partial charge in [-0.2, -0.15) is 0 Å². The van der Waals surface area contributed by atoms with Crippen LogP contribution < -0.4 is 21.7 Å². The fourth-order valence-corrected chi connectivity index (χ4v) is 5.26. The molecule has 2 aromatic rings. The molecule has 0 saturated carbocycles. The molecule has 0 aromatic carbocycles. The Balaban J connectivity index is 2.22. The Labute approximate surface area is 227 Å². The number of carbonyl (C=O) groups is 3. The van der Waals surface area contributed by atoms with Crippen molar-refractivity contribution in [3.05, 3.63) is 43.6 Å². The molecule has 38 heavy (non-hydrogen) atoms. The summed E-state index contributed by atoms with van der Waals surface area (Å²) in [6.45, 7) is 3.97. The summed E-state index contributed by atoms with van der Waals surface area (Å²) < 4.78 is 0. The summed E-state index contributed by atoms with van der Waals surface area (Å²) in [6.07, 6.45) is 3.49.